The molecule has 0 aliphatic rings. The molecule has 0 radical (unpaired) electrons. The van der Waals surface area contributed by atoms with Gasteiger partial charge in [-0.3, -0.25) is 4.79 Å². The van der Waals surface area contributed by atoms with Crippen LogP contribution in [0.15, 0.2) is 59.4 Å². The Morgan fingerprint density at radius 2 is 1.71 bits per heavy atom. The van der Waals surface area contributed by atoms with Crippen molar-refractivity contribution in [3.63, 3.8) is 0 Å². The normalized spacial score (nSPS) is 10.8. The number of hydrogen-bond donors (Lipinski definition) is 1. The monoisotopic (exact) mass is 459 g/mol. The van der Waals surface area contributed by atoms with E-state index in [1.807, 2.05) is 31.2 Å². The van der Waals surface area contributed by atoms with Crippen molar-refractivity contribution in [2.75, 3.05) is 6.61 Å². The lowest BCUT2D eigenvalue weighted by Gasteiger charge is -2.16. The third-order valence-corrected chi connectivity index (χ3v) is 5.63. The molecule has 0 aliphatic heterocycles. The summed E-state index contributed by atoms with van der Waals surface area (Å²) in [7, 11) is 0. The van der Waals surface area contributed by atoms with Gasteiger partial charge in [0.25, 0.3) is 5.56 Å². The highest BCUT2D eigenvalue weighted by Gasteiger charge is 2.14. The highest BCUT2D eigenvalue weighted by Crippen LogP contribution is 2.24. The minimum Gasteiger partial charge on any atom is -0.494 e. The van der Waals surface area contributed by atoms with E-state index in [9.17, 15) is 9.59 Å². The van der Waals surface area contributed by atoms with Gasteiger partial charge in [0.2, 0.25) is 0 Å². The Hall–Kier alpha value is -2.76. The molecular weight excluding hydrogens is 437 g/mol. The van der Waals surface area contributed by atoms with Crippen LogP contribution in [0.4, 0.5) is 0 Å². The van der Waals surface area contributed by atoms with Crippen molar-refractivity contribution in [3.8, 4) is 5.75 Å². The first kappa shape index (κ1) is 22.9. The summed E-state index contributed by atoms with van der Waals surface area (Å²) in [6.45, 7) is 2.89. The van der Waals surface area contributed by atoms with Gasteiger partial charge < -0.3 is 14.4 Å². The van der Waals surface area contributed by atoms with Crippen LogP contribution in [0.5, 0.6) is 5.75 Å². The van der Waals surface area contributed by atoms with E-state index in [1.165, 1.54) is 6.07 Å². The Bertz CT molecular complexity index is 1120. The van der Waals surface area contributed by atoms with E-state index >= 15 is 0 Å². The fraction of sp³-hybridized carbons (Fsp3) is 0.250. The molecule has 0 spiro atoms. The maximum Gasteiger partial charge on any atom is 0.335 e. The smallest absolute Gasteiger partial charge is 0.335 e. The van der Waals surface area contributed by atoms with Gasteiger partial charge in [0.05, 0.1) is 17.2 Å². The van der Waals surface area contributed by atoms with Crippen LogP contribution in [0.2, 0.25) is 10.0 Å². The van der Waals surface area contributed by atoms with Crippen LogP contribution in [-0.2, 0) is 25.8 Å². The topological polar surface area (TPSA) is 68.5 Å². The van der Waals surface area contributed by atoms with Gasteiger partial charge in [-0.25, -0.2) is 4.79 Å². The van der Waals surface area contributed by atoms with E-state index in [0.29, 0.717) is 43.1 Å². The lowest BCUT2D eigenvalue weighted by molar-refractivity contribution is 0.0697. The van der Waals surface area contributed by atoms with Crippen molar-refractivity contribution >= 4 is 29.2 Å². The van der Waals surface area contributed by atoms with Crippen molar-refractivity contribution in [1.29, 1.82) is 0 Å². The highest BCUT2D eigenvalue weighted by atomic mass is 35.5. The summed E-state index contributed by atoms with van der Waals surface area (Å²) < 4.78 is 7.31. The molecule has 0 saturated carbocycles. The number of halogens is 2. The van der Waals surface area contributed by atoms with Crippen LogP contribution >= 0.6 is 23.2 Å². The summed E-state index contributed by atoms with van der Waals surface area (Å²) in [6.07, 6.45) is 1.75. The number of nitrogens with zero attached hydrogens (tertiary/aromatic N) is 1. The van der Waals surface area contributed by atoms with E-state index < -0.39 is 5.97 Å². The second-order valence-corrected chi connectivity index (χ2v) is 7.85. The van der Waals surface area contributed by atoms with Crippen molar-refractivity contribution in [2.45, 2.75) is 32.7 Å². The molecule has 0 atom stereocenters. The molecule has 0 bridgehead atoms. The van der Waals surface area contributed by atoms with Crippen LogP contribution < -0.4 is 10.3 Å². The lowest BCUT2D eigenvalue weighted by atomic mass is 10.1. The van der Waals surface area contributed by atoms with E-state index in [4.69, 9.17) is 33.0 Å². The Morgan fingerprint density at radius 3 is 2.39 bits per heavy atom. The number of carbonyl (C=O) groups is 1. The Kier molecular flexibility index (Phi) is 7.77. The van der Waals surface area contributed by atoms with Gasteiger partial charge in [0, 0.05) is 12.2 Å². The van der Waals surface area contributed by atoms with Crippen LogP contribution in [0.25, 0.3) is 0 Å². The second-order valence-electron chi connectivity index (χ2n) is 7.04. The summed E-state index contributed by atoms with van der Waals surface area (Å²) in [5.74, 6) is -0.151. The highest BCUT2D eigenvalue weighted by molar-refractivity contribution is 6.34. The minimum absolute atomic E-state index is 0.0738. The number of aryl methyl sites for hydroxylation is 2. The molecule has 0 aliphatic carbocycles. The molecule has 0 unspecified atom stereocenters. The van der Waals surface area contributed by atoms with E-state index in [1.54, 1.807) is 28.8 Å². The molecule has 1 N–H and O–H groups in total. The maximum absolute atomic E-state index is 12.8. The Labute approximate surface area is 190 Å². The molecule has 3 aromatic rings. The number of rotatable bonds is 9. The fourth-order valence-corrected chi connectivity index (χ4v) is 4.01. The van der Waals surface area contributed by atoms with E-state index in [0.717, 1.165) is 16.9 Å². The van der Waals surface area contributed by atoms with Gasteiger partial charge in [-0.15, -0.1) is 0 Å². The number of pyridine rings is 1. The molecule has 0 amide bonds. The van der Waals surface area contributed by atoms with Crippen molar-refractivity contribution in [1.82, 2.24) is 4.57 Å². The first-order valence-corrected chi connectivity index (χ1v) is 10.8. The average molecular weight is 460 g/mol. The van der Waals surface area contributed by atoms with Crippen molar-refractivity contribution in [2.24, 2.45) is 0 Å². The molecule has 0 saturated heterocycles. The van der Waals surface area contributed by atoms with Crippen LogP contribution in [0.3, 0.4) is 0 Å². The zero-order valence-corrected chi connectivity index (χ0v) is 18.6. The van der Waals surface area contributed by atoms with Gasteiger partial charge >= 0.3 is 5.97 Å². The second kappa shape index (κ2) is 10.5. The molecule has 162 valence electrons. The number of para-hydroxylation sites is 1. The van der Waals surface area contributed by atoms with Crippen molar-refractivity contribution < 1.29 is 14.6 Å². The Morgan fingerprint density at radius 1 is 1.00 bits per heavy atom. The zero-order chi connectivity index (χ0) is 22.4. The van der Waals surface area contributed by atoms with Gasteiger partial charge in [0.1, 0.15) is 10.8 Å². The van der Waals surface area contributed by atoms with Gasteiger partial charge in [0.15, 0.2) is 0 Å². The average Bonchev–Trinajstić information content (AvgIpc) is 2.76. The molecule has 7 heteroatoms. The largest absolute Gasteiger partial charge is 0.494 e. The fourth-order valence-electron chi connectivity index (χ4n) is 3.44. The number of hydrogen-bond acceptors (Lipinski definition) is 3. The standard InChI is InChI=1S/C24H23Cl2NO4/c1-2-31-22-6-4-3-5-17(22)11-12-21-19(25)15-20(26)23(28)27(21)14-13-16-7-9-18(10-8-16)24(29)30/h3-10,15H,2,11-14H2,1H3,(H,29,30). The third-order valence-electron chi connectivity index (χ3n) is 5.03. The van der Waals surface area contributed by atoms with Gasteiger partial charge in [-0.1, -0.05) is 53.5 Å². The van der Waals surface area contributed by atoms with Crippen molar-refractivity contribution in [3.05, 3.63) is 97.4 Å². The van der Waals surface area contributed by atoms with Crippen LogP contribution in [-0.4, -0.2) is 22.2 Å². The minimum atomic E-state index is -0.973. The van der Waals surface area contributed by atoms with Gasteiger partial charge in [-0.2, -0.15) is 0 Å². The molecule has 5 nitrogen and oxygen atoms in total. The predicted molar refractivity (Wildman–Crippen MR) is 123 cm³/mol. The maximum atomic E-state index is 12.8. The number of aromatic carboxylic acids is 1. The molecule has 31 heavy (non-hydrogen) atoms. The number of aromatic nitrogens is 1. The number of ether oxygens (including phenoxy) is 1. The number of benzene rings is 2. The first-order chi connectivity index (χ1) is 14.9. The van der Waals surface area contributed by atoms with E-state index in [2.05, 4.69) is 0 Å². The zero-order valence-electron chi connectivity index (χ0n) is 17.1. The summed E-state index contributed by atoms with van der Waals surface area (Å²) >= 11 is 12.6. The quantitative estimate of drug-likeness (QED) is 0.472. The molecular formula is C24H23Cl2NO4. The lowest BCUT2D eigenvalue weighted by Crippen LogP contribution is -2.25. The summed E-state index contributed by atoms with van der Waals surface area (Å²) in [5, 5.41) is 9.56. The number of carboxylic acid groups (broad SMARTS) is 1. The van der Waals surface area contributed by atoms with E-state index in [-0.39, 0.29) is 16.1 Å². The molecule has 1 heterocycles. The molecule has 2 aromatic carbocycles. The van der Waals surface area contributed by atoms with Gasteiger partial charge in [-0.05, 0) is 61.6 Å². The summed E-state index contributed by atoms with van der Waals surface area (Å²) in [6, 6.07) is 15.9. The van der Waals surface area contributed by atoms with Crippen LogP contribution in [0, 0.1) is 0 Å². The first-order valence-electron chi connectivity index (χ1n) is 10.0. The molecule has 3 rings (SSSR count). The number of carboxylic acids is 1. The molecule has 0 fully saturated rings. The predicted octanol–water partition coefficient (Wildman–Crippen LogP) is 5.28. The summed E-state index contributed by atoms with van der Waals surface area (Å²) in [5.41, 5.74) is 2.60. The van der Waals surface area contributed by atoms with Crippen LogP contribution in [0.1, 0.15) is 34.1 Å². The Balaban J connectivity index is 1.83. The third kappa shape index (κ3) is 5.69. The molecule has 1 aromatic heterocycles. The summed E-state index contributed by atoms with van der Waals surface area (Å²) in [4.78, 5) is 23.8. The SMILES string of the molecule is CCOc1ccccc1CCc1c(Cl)cc(Cl)c(=O)n1CCc1ccc(C(=O)O)cc1.